The van der Waals surface area contributed by atoms with Gasteiger partial charge in [0.05, 0.1) is 23.3 Å². The van der Waals surface area contributed by atoms with Gasteiger partial charge < -0.3 is 24.8 Å². The molecule has 49 heavy (non-hydrogen) atoms. The fourth-order valence-electron chi connectivity index (χ4n) is 5.45. The van der Waals surface area contributed by atoms with Crippen LogP contribution in [0.4, 0.5) is 5.69 Å². The number of nitrogens with one attached hydrogen (secondary N) is 3. The molecule has 1 fully saturated rings. The molecule has 0 bridgehead atoms. The van der Waals surface area contributed by atoms with Gasteiger partial charge in [0.1, 0.15) is 23.7 Å². The lowest BCUT2D eigenvalue weighted by atomic mass is 10.0. The van der Waals surface area contributed by atoms with E-state index in [1.807, 2.05) is 6.07 Å². The lowest BCUT2D eigenvalue weighted by Gasteiger charge is -2.32. The Balaban J connectivity index is 1.51. The molecule has 1 aromatic heterocycles. The molecule has 0 spiro atoms. The highest BCUT2D eigenvalue weighted by molar-refractivity contribution is 7.89. The molecule has 2 heterocycles. The van der Waals surface area contributed by atoms with E-state index in [0.29, 0.717) is 12.1 Å². The van der Waals surface area contributed by atoms with E-state index in [0.717, 1.165) is 29.8 Å². The van der Waals surface area contributed by atoms with Crippen molar-refractivity contribution in [3.8, 4) is 0 Å². The zero-order valence-electron chi connectivity index (χ0n) is 27.5. The van der Waals surface area contributed by atoms with Crippen LogP contribution in [0.1, 0.15) is 37.9 Å². The number of ether oxygens (including phenoxy) is 1. The first-order valence-electron chi connectivity index (χ1n) is 15.4. The summed E-state index contributed by atoms with van der Waals surface area (Å²) in [6, 6.07) is 9.79. The van der Waals surface area contributed by atoms with Crippen LogP contribution in [0.2, 0.25) is 0 Å². The average molecular weight is 698 g/mol. The van der Waals surface area contributed by atoms with Gasteiger partial charge >= 0.3 is 5.97 Å². The third-order valence-corrected chi connectivity index (χ3v) is 9.69. The molecule has 0 unspecified atom stereocenters. The van der Waals surface area contributed by atoms with Crippen LogP contribution in [0.5, 0.6) is 0 Å². The number of carbonyl (C=O) groups excluding carboxylic acids is 4. The number of nitrogens with zero attached hydrogens (tertiary/aromatic N) is 4. The van der Waals surface area contributed by atoms with Gasteiger partial charge in [-0.15, -0.1) is 0 Å². The predicted molar refractivity (Wildman–Crippen MR) is 175 cm³/mol. The molecule has 262 valence electrons. The second-order valence-electron chi connectivity index (χ2n) is 12.2. The molecule has 1 aliphatic heterocycles. The van der Waals surface area contributed by atoms with Crippen molar-refractivity contribution in [1.29, 1.82) is 0 Å². The Bertz CT molecular complexity index is 1790. The van der Waals surface area contributed by atoms with Crippen molar-refractivity contribution in [1.82, 2.24) is 29.8 Å². The molecule has 2 aromatic carbocycles. The molecule has 0 aliphatic carbocycles. The van der Waals surface area contributed by atoms with Crippen LogP contribution in [0.15, 0.2) is 72.0 Å². The van der Waals surface area contributed by atoms with Gasteiger partial charge in [-0.3, -0.25) is 24.5 Å². The van der Waals surface area contributed by atoms with Gasteiger partial charge in [-0.2, -0.15) is 4.72 Å². The molecule has 3 aromatic rings. The van der Waals surface area contributed by atoms with E-state index >= 15 is 0 Å². The summed E-state index contributed by atoms with van der Waals surface area (Å²) in [5, 5.41) is 16.4. The highest BCUT2D eigenvalue weighted by Crippen LogP contribution is 2.23. The molecule has 4 rings (SSSR count). The number of non-ortho nitro benzene ring substituents is 1. The van der Waals surface area contributed by atoms with Crippen LogP contribution in [-0.2, 0) is 53.8 Å². The number of methoxy groups -OCH3 is 1. The van der Waals surface area contributed by atoms with Crippen LogP contribution in [0, 0.1) is 10.1 Å². The van der Waals surface area contributed by atoms with Gasteiger partial charge in [0.25, 0.3) is 5.69 Å². The van der Waals surface area contributed by atoms with Crippen molar-refractivity contribution in [3.05, 3.63) is 88.5 Å². The summed E-state index contributed by atoms with van der Waals surface area (Å²) >= 11 is 0. The van der Waals surface area contributed by atoms with Gasteiger partial charge in [0.15, 0.2) is 0 Å². The first kappa shape index (κ1) is 36.7. The van der Waals surface area contributed by atoms with Gasteiger partial charge in [-0.1, -0.05) is 30.3 Å². The summed E-state index contributed by atoms with van der Waals surface area (Å²) in [5.74, 6) is -2.64. The van der Waals surface area contributed by atoms with Gasteiger partial charge in [0.2, 0.25) is 27.7 Å². The van der Waals surface area contributed by atoms with Crippen LogP contribution in [0.3, 0.4) is 0 Å². The molecule has 3 atom stereocenters. The van der Waals surface area contributed by atoms with Gasteiger partial charge in [-0.25, -0.2) is 18.2 Å². The van der Waals surface area contributed by atoms with E-state index < -0.39 is 62.3 Å². The number of nitro benzene ring substituents is 1. The molecule has 1 saturated heterocycles. The molecule has 0 saturated carbocycles. The Hall–Kier alpha value is -5.16. The van der Waals surface area contributed by atoms with Gasteiger partial charge in [0, 0.05) is 50.5 Å². The number of aromatic nitrogens is 2. The number of hydrogen-bond acceptors (Lipinski definition) is 10. The zero-order valence-corrected chi connectivity index (χ0v) is 28.3. The number of benzene rings is 2. The molecular weight excluding hydrogens is 658 g/mol. The lowest BCUT2D eigenvalue weighted by Crippen LogP contribution is -2.61. The number of carbonyl (C=O) groups is 4. The minimum absolute atomic E-state index is 0.114. The summed E-state index contributed by atoms with van der Waals surface area (Å²) < 4.78 is 35.7. The first-order chi connectivity index (χ1) is 23.1. The Morgan fingerprint density at radius 3 is 2.33 bits per heavy atom. The van der Waals surface area contributed by atoms with Crippen molar-refractivity contribution in [2.24, 2.45) is 7.05 Å². The van der Waals surface area contributed by atoms with Gasteiger partial charge in [-0.05, 0) is 44.4 Å². The zero-order chi connectivity index (χ0) is 35.9. The number of sulfonamides is 1. The van der Waals surface area contributed by atoms with Crippen LogP contribution >= 0.6 is 0 Å². The van der Waals surface area contributed by atoms with Crippen LogP contribution in [0.25, 0.3) is 0 Å². The SMILES string of the molecule is COC(=O)[C@H](Cc1ccccc1)NC(=O)C(C)(C)NC(=O)[C@H]1CCCN1C(=O)[C@H](Cc1cncn1C)NS(=O)(=O)c1ccc([N+](=O)[O-])cc1. The minimum atomic E-state index is -4.35. The Labute approximate surface area is 283 Å². The van der Waals surface area contributed by atoms with Crippen molar-refractivity contribution in [2.45, 2.75) is 68.1 Å². The largest absolute Gasteiger partial charge is 0.467 e. The predicted octanol–water partition coefficient (Wildman–Crippen LogP) is 1.00. The molecule has 17 heteroatoms. The number of esters is 1. The van der Waals surface area contributed by atoms with Crippen LogP contribution < -0.4 is 15.4 Å². The number of nitro groups is 1. The van der Waals surface area contributed by atoms with Crippen molar-refractivity contribution in [2.75, 3.05) is 13.7 Å². The Kier molecular flexibility index (Phi) is 11.5. The quantitative estimate of drug-likeness (QED) is 0.124. The summed E-state index contributed by atoms with van der Waals surface area (Å²) in [5.41, 5.74) is -0.521. The summed E-state index contributed by atoms with van der Waals surface area (Å²) in [6.07, 6.45) is 3.70. The maximum Gasteiger partial charge on any atom is 0.328 e. The number of amides is 3. The average Bonchev–Trinajstić information content (AvgIpc) is 3.73. The van der Waals surface area contributed by atoms with E-state index in [1.54, 1.807) is 35.9 Å². The van der Waals surface area contributed by atoms with E-state index in [9.17, 15) is 37.7 Å². The topological polar surface area (TPSA) is 212 Å². The first-order valence-corrected chi connectivity index (χ1v) is 16.9. The maximum absolute atomic E-state index is 14.0. The number of aryl methyl sites for hydroxylation is 1. The molecular formula is C32H39N7O9S. The third kappa shape index (κ3) is 9.05. The molecule has 0 radical (unpaired) electrons. The highest BCUT2D eigenvalue weighted by atomic mass is 32.2. The standard InChI is InChI=1S/C32H39N7O9S/c1-32(2,31(43)34-26(30(42)48-4)17-21-9-6-5-7-10-21)35-28(40)27-11-8-16-38(27)29(41)25(18-23-19-33-20-37(23)3)36-49(46,47)24-14-12-22(13-15-24)39(44)45/h5-7,9-10,12-15,19-20,25-27,36H,8,11,16-18H2,1-4H3,(H,34,43)(H,35,40)/t25-,26-,27+/m0/s1. The number of likely N-dealkylation sites (tertiary alicyclic amines) is 1. The molecule has 16 nitrogen and oxygen atoms in total. The maximum atomic E-state index is 14.0. The van der Waals surface area contributed by atoms with E-state index in [4.69, 9.17) is 4.74 Å². The van der Waals surface area contributed by atoms with Crippen LogP contribution in [-0.4, -0.2) is 88.8 Å². The monoisotopic (exact) mass is 697 g/mol. The minimum Gasteiger partial charge on any atom is -0.467 e. The molecule has 1 aliphatic rings. The number of hydrogen-bond donors (Lipinski definition) is 3. The summed E-state index contributed by atoms with van der Waals surface area (Å²) in [4.78, 5) is 69.0. The second kappa shape index (κ2) is 15.4. The normalized spacial score (nSPS) is 16.0. The van der Waals surface area contributed by atoms with Crippen molar-refractivity contribution >= 4 is 39.4 Å². The van der Waals surface area contributed by atoms with E-state index in [-0.39, 0.29) is 36.4 Å². The number of imidazole rings is 1. The fraction of sp³-hybridized carbons (Fsp3) is 0.406. The van der Waals surface area contributed by atoms with Crippen molar-refractivity contribution in [3.63, 3.8) is 0 Å². The van der Waals surface area contributed by atoms with E-state index in [2.05, 4.69) is 20.3 Å². The molecule has 3 amide bonds. The Morgan fingerprint density at radius 1 is 1.06 bits per heavy atom. The highest BCUT2D eigenvalue weighted by Gasteiger charge is 2.42. The third-order valence-electron chi connectivity index (χ3n) is 8.20. The summed E-state index contributed by atoms with van der Waals surface area (Å²) in [7, 11) is -1.47. The Morgan fingerprint density at radius 2 is 1.73 bits per heavy atom. The van der Waals surface area contributed by atoms with E-state index in [1.165, 1.54) is 38.4 Å². The molecule has 3 N–H and O–H groups in total. The smallest absolute Gasteiger partial charge is 0.328 e. The summed E-state index contributed by atoms with van der Waals surface area (Å²) in [6.45, 7) is 3.07. The number of rotatable bonds is 14. The fourth-order valence-corrected chi connectivity index (χ4v) is 6.64. The van der Waals surface area contributed by atoms with Crippen molar-refractivity contribution < 1.29 is 37.3 Å². The second-order valence-corrected chi connectivity index (χ2v) is 13.9. The lowest BCUT2D eigenvalue weighted by molar-refractivity contribution is -0.384.